The zero-order chi connectivity index (χ0) is 11.6. The van der Waals surface area contributed by atoms with Gasteiger partial charge in [0.1, 0.15) is 0 Å². The van der Waals surface area contributed by atoms with E-state index in [2.05, 4.69) is 17.7 Å². The second-order valence-electron chi connectivity index (χ2n) is 3.60. The second-order valence-corrected chi connectivity index (χ2v) is 5.36. The second kappa shape index (κ2) is 8.92. The first-order chi connectivity index (χ1) is 7.12. The van der Waals surface area contributed by atoms with Crippen LogP contribution in [0.15, 0.2) is 12.7 Å². The zero-order valence-corrected chi connectivity index (χ0v) is 10.4. The van der Waals surface area contributed by atoms with E-state index in [0.717, 1.165) is 12.8 Å². The van der Waals surface area contributed by atoms with E-state index in [4.69, 9.17) is 0 Å². The highest BCUT2D eigenvalue weighted by atomic mass is 32.2. The Morgan fingerprint density at radius 2 is 1.73 bits per heavy atom. The molecule has 0 rings (SSSR count). The predicted octanol–water partition coefficient (Wildman–Crippen LogP) is 2.88. The Morgan fingerprint density at radius 1 is 1.13 bits per heavy atom. The average molecular weight is 234 g/mol. The van der Waals surface area contributed by atoms with E-state index >= 15 is 0 Å². The Kier molecular flexibility index (Phi) is 8.71. The van der Waals surface area contributed by atoms with E-state index in [1.54, 1.807) is 0 Å². The highest BCUT2D eigenvalue weighted by Gasteiger charge is 2.08. The van der Waals surface area contributed by atoms with Gasteiger partial charge in [0.05, 0.1) is 12.4 Å². The van der Waals surface area contributed by atoms with Gasteiger partial charge in [-0.2, -0.15) is 8.42 Å². The minimum Gasteiger partial charge on any atom is -0.266 e. The van der Waals surface area contributed by atoms with Gasteiger partial charge in [0.25, 0.3) is 10.1 Å². The third kappa shape index (κ3) is 9.94. The standard InChI is InChI=1S/C11H22O3S/c1-3-5-6-7-8-9-11-15(12,13)14-10-4-2/h4H,2-3,5-11H2,1H3. The van der Waals surface area contributed by atoms with Gasteiger partial charge in [-0.3, -0.25) is 4.18 Å². The molecule has 0 aliphatic carbocycles. The third-order valence-electron chi connectivity index (χ3n) is 2.11. The average Bonchev–Trinajstić information content (AvgIpc) is 2.20. The number of hydrogen-bond donors (Lipinski definition) is 0. The van der Waals surface area contributed by atoms with Crippen LogP contribution in [-0.4, -0.2) is 20.8 Å². The number of rotatable bonds is 10. The molecule has 0 spiro atoms. The maximum atomic E-state index is 11.2. The monoisotopic (exact) mass is 234 g/mol. The summed E-state index contributed by atoms with van der Waals surface area (Å²) in [4.78, 5) is 0. The molecule has 0 bridgehead atoms. The van der Waals surface area contributed by atoms with E-state index in [1.165, 1.54) is 25.3 Å². The quantitative estimate of drug-likeness (QED) is 0.331. The molecule has 3 nitrogen and oxygen atoms in total. The summed E-state index contributed by atoms with van der Waals surface area (Å²) < 4.78 is 27.1. The molecular weight excluding hydrogens is 212 g/mol. The Morgan fingerprint density at radius 3 is 2.33 bits per heavy atom. The van der Waals surface area contributed by atoms with E-state index in [-0.39, 0.29) is 12.4 Å². The fourth-order valence-electron chi connectivity index (χ4n) is 1.27. The molecule has 0 heterocycles. The SMILES string of the molecule is C=CCOS(=O)(=O)CCCCCCCC. The number of unbranched alkanes of at least 4 members (excludes halogenated alkanes) is 5. The summed E-state index contributed by atoms with van der Waals surface area (Å²) in [6.07, 6.45) is 7.87. The Hall–Kier alpha value is -0.350. The first-order valence-corrected chi connectivity index (χ1v) is 7.18. The van der Waals surface area contributed by atoms with Crippen LogP contribution in [0.25, 0.3) is 0 Å². The fourth-order valence-corrected chi connectivity index (χ4v) is 2.25. The molecule has 0 amide bonds. The van der Waals surface area contributed by atoms with Crippen LogP contribution in [0, 0.1) is 0 Å². The molecule has 0 aliphatic heterocycles. The van der Waals surface area contributed by atoms with Crippen molar-refractivity contribution in [3.8, 4) is 0 Å². The molecule has 0 fully saturated rings. The summed E-state index contributed by atoms with van der Waals surface area (Å²) in [5.74, 6) is 0.132. The van der Waals surface area contributed by atoms with Gasteiger partial charge in [-0.25, -0.2) is 0 Å². The highest BCUT2D eigenvalue weighted by Crippen LogP contribution is 2.07. The van der Waals surface area contributed by atoms with E-state index in [1.807, 2.05) is 0 Å². The van der Waals surface area contributed by atoms with E-state index < -0.39 is 10.1 Å². The molecule has 4 heteroatoms. The van der Waals surface area contributed by atoms with E-state index in [0.29, 0.717) is 6.42 Å². The molecule has 0 saturated carbocycles. The van der Waals surface area contributed by atoms with Crippen molar-refractivity contribution in [1.82, 2.24) is 0 Å². The lowest BCUT2D eigenvalue weighted by Gasteiger charge is -2.03. The molecule has 0 aliphatic rings. The molecule has 0 saturated heterocycles. The van der Waals surface area contributed by atoms with Gasteiger partial charge in [0.2, 0.25) is 0 Å². The van der Waals surface area contributed by atoms with Crippen molar-refractivity contribution >= 4 is 10.1 Å². The normalized spacial score (nSPS) is 11.5. The smallest absolute Gasteiger partial charge is 0.266 e. The first-order valence-electron chi connectivity index (χ1n) is 5.60. The first kappa shape index (κ1) is 14.6. The van der Waals surface area contributed by atoms with Gasteiger partial charge in [-0.15, -0.1) is 6.58 Å². The van der Waals surface area contributed by atoms with Gasteiger partial charge >= 0.3 is 0 Å². The summed E-state index contributed by atoms with van der Waals surface area (Å²) in [7, 11) is -3.31. The molecule has 90 valence electrons. The van der Waals surface area contributed by atoms with Crippen LogP contribution < -0.4 is 0 Å². The van der Waals surface area contributed by atoms with Crippen molar-refractivity contribution in [3.63, 3.8) is 0 Å². The van der Waals surface area contributed by atoms with Gasteiger partial charge in [-0.1, -0.05) is 45.1 Å². The molecule has 0 aromatic carbocycles. The van der Waals surface area contributed by atoms with Crippen molar-refractivity contribution < 1.29 is 12.6 Å². The molecule has 15 heavy (non-hydrogen) atoms. The Balaban J connectivity index is 3.44. The summed E-state index contributed by atoms with van der Waals surface area (Å²) >= 11 is 0. The van der Waals surface area contributed by atoms with E-state index in [9.17, 15) is 8.42 Å². The summed E-state index contributed by atoms with van der Waals surface area (Å²) in [6, 6.07) is 0. The minimum absolute atomic E-state index is 0.0815. The van der Waals surface area contributed by atoms with Gasteiger partial charge in [0.15, 0.2) is 0 Å². The van der Waals surface area contributed by atoms with Crippen molar-refractivity contribution in [2.45, 2.75) is 45.4 Å². The Labute approximate surface area is 93.6 Å². The topological polar surface area (TPSA) is 43.4 Å². The fraction of sp³-hybridized carbons (Fsp3) is 0.818. The van der Waals surface area contributed by atoms with Gasteiger partial charge < -0.3 is 0 Å². The maximum absolute atomic E-state index is 11.2. The summed E-state index contributed by atoms with van der Waals surface area (Å²) in [5.41, 5.74) is 0. The highest BCUT2D eigenvalue weighted by molar-refractivity contribution is 7.86. The molecule has 0 aromatic rings. The molecule has 0 atom stereocenters. The third-order valence-corrected chi connectivity index (χ3v) is 3.40. The van der Waals surface area contributed by atoms with Crippen LogP contribution in [0.5, 0.6) is 0 Å². The Bertz CT molecular complexity index is 245. The van der Waals surface area contributed by atoms with Gasteiger partial charge in [-0.05, 0) is 6.42 Å². The lowest BCUT2D eigenvalue weighted by molar-refractivity contribution is 0.356. The molecule has 0 unspecified atom stereocenters. The molecule has 0 aromatic heterocycles. The maximum Gasteiger partial charge on any atom is 0.267 e. The predicted molar refractivity (Wildman–Crippen MR) is 63.3 cm³/mol. The lowest BCUT2D eigenvalue weighted by Crippen LogP contribution is -2.10. The van der Waals surface area contributed by atoms with Crippen molar-refractivity contribution in [2.75, 3.05) is 12.4 Å². The summed E-state index contributed by atoms with van der Waals surface area (Å²) in [6.45, 7) is 5.65. The van der Waals surface area contributed by atoms with Crippen molar-refractivity contribution in [1.29, 1.82) is 0 Å². The van der Waals surface area contributed by atoms with Crippen molar-refractivity contribution in [2.24, 2.45) is 0 Å². The minimum atomic E-state index is -3.31. The lowest BCUT2D eigenvalue weighted by atomic mass is 10.1. The molecule has 0 N–H and O–H groups in total. The van der Waals surface area contributed by atoms with Crippen LogP contribution in [0.2, 0.25) is 0 Å². The van der Waals surface area contributed by atoms with Crippen LogP contribution in [0.1, 0.15) is 45.4 Å². The van der Waals surface area contributed by atoms with Crippen molar-refractivity contribution in [3.05, 3.63) is 12.7 Å². The molecule has 0 radical (unpaired) electrons. The number of hydrogen-bond acceptors (Lipinski definition) is 3. The van der Waals surface area contributed by atoms with Crippen LogP contribution in [0.4, 0.5) is 0 Å². The largest absolute Gasteiger partial charge is 0.267 e. The summed E-state index contributed by atoms with van der Waals surface area (Å²) in [5, 5.41) is 0. The van der Waals surface area contributed by atoms with Gasteiger partial charge in [0, 0.05) is 0 Å². The van der Waals surface area contributed by atoms with Crippen LogP contribution in [-0.2, 0) is 14.3 Å². The zero-order valence-electron chi connectivity index (χ0n) is 9.57. The molecular formula is C11H22O3S. The van der Waals surface area contributed by atoms with Crippen LogP contribution >= 0.6 is 0 Å². The van der Waals surface area contributed by atoms with Crippen LogP contribution in [0.3, 0.4) is 0 Å².